The average molecular weight is 317 g/mol. The van der Waals surface area contributed by atoms with Crippen molar-refractivity contribution in [1.29, 1.82) is 0 Å². The Balaban J connectivity index is 2.51. The van der Waals surface area contributed by atoms with Crippen molar-refractivity contribution in [3.63, 3.8) is 0 Å². The standard InChI is InChI=1S/C14H18F3N3S/c1-8(2)10-4-3-7-20(10)13-9(12(18)21)5-6-11(19-13)14(15,16)17/h5-6,8,10H,3-4,7H2,1-2H3,(H2,18,21). The van der Waals surface area contributed by atoms with E-state index in [1.165, 1.54) is 6.07 Å². The van der Waals surface area contributed by atoms with E-state index in [0.29, 0.717) is 18.0 Å². The minimum Gasteiger partial charge on any atom is -0.389 e. The van der Waals surface area contributed by atoms with E-state index in [9.17, 15) is 13.2 Å². The van der Waals surface area contributed by atoms with Gasteiger partial charge in [0.05, 0.1) is 5.56 Å². The largest absolute Gasteiger partial charge is 0.433 e. The molecule has 1 fully saturated rings. The van der Waals surface area contributed by atoms with E-state index in [-0.39, 0.29) is 16.8 Å². The van der Waals surface area contributed by atoms with Crippen molar-refractivity contribution < 1.29 is 13.2 Å². The van der Waals surface area contributed by atoms with Crippen LogP contribution in [0.2, 0.25) is 0 Å². The van der Waals surface area contributed by atoms with Crippen LogP contribution in [0, 0.1) is 5.92 Å². The van der Waals surface area contributed by atoms with Gasteiger partial charge < -0.3 is 10.6 Å². The van der Waals surface area contributed by atoms with Crippen LogP contribution < -0.4 is 10.6 Å². The van der Waals surface area contributed by atoms with Crippen LogP contribution in [0.25, 0.3) is 0 Å². The molecule has 116 valence electrons. The van der Waals surface area contributed by atoms with Crippen LogP contribution in [0.3, 0.4) is 0 Å². The predicted octanol–water partition coefficient (Wildman–Crippen LogP) is 3.36. The Labute approximate surface area is 127 Å². The maximum atomic E-state index is 12.9. The lowest BCUT2D eigenvalue weighted by atomic mass is 10.0. The van der Waals surface area contributed by atoms with Gasteiger partial charge in [-0.3, -0.25) is 0 Å². The van der Waals surface area contributed by atoms with Crippen LogP contribution in [0.1, 0.15) is 37.9 Å². The van der Waals surface area contributed by atoms with Crippen molar-refractivity contribution in [3.05, 3.63) is 23.4 Å². The third-order valence-electron chi connectivity index (χ3n) is 3.77. The number of rotatable bonds is 3. The highest BCUT2D eigenvalue weighted by Crippen LogP contribution is 2.34. The van der Waals surface area contributed by atoms with Gasteiger partial charge in [-0.15, -0.1) is 0 Å². The number of nitrogens with two attached hydrogens (primary N) is 1. The second-order valence-electron chi connectivity index (χ2n) is 5.58. The van der Waals surface area contributed by atoms with Gasteiger partial charge in [0.2, 0.25) is 0 Å². The van der Waals surface area contributed by atoms with E-state index in [1.54, 1.807) is 0 Å². The molecule has 1 saturated heterocycles. The van der Waals surface area contributed by atoms with Crippen molar-refractivity contribution in [2.75, 3.05) is 11.4 Å². The second kappa shape index (κ2) is 5.79. The molecule has 2 N–H and O–H groups in total. The Bertz CT molecular complexity index is 543. The number of hydrogen-bond donors (Lipinski definition) is 1. The molecule has 0 aromatic carbocycles. The topological polar surface area (TPSA) is 42.2 Å². The number of halogens is 3. The molecule has 2 heterocycles. The van der Waals surface area contributed by atoms with Gasteiger partial charge in [-0.2, -0.15) is 13.2 Å². The summed E-state index contributed by atoms with van der Waals surface area (Å²) in [5, 5.41) is 0. The van der Waals surface area contributed by atoms with Gasteiger partial charge in [-0.25, -0.2) is 4.98 Å². The smallest absolute Gasteiger partial charge is 0.389 e. The summed E-state index contributed by atoms with van der Waals surface area (Å²) >= 11 is 4.96. The van der Waals surface area contributed by atoms with E-state index in [2.05, 4.69) is 18.8 Å². The van der Waals surface area contributed by atoms with Gasteiger partial charge in [0.15, 0.2) is 0 Å². The number of thiocarbonyl (C=S) groups is 1. The molecule has 0 bridgehead atoms. The monoisotopic (exact) mass is 317 g/mol. The fourth-order valence-corrected chi connectivity index (χ4v) is 2.93. The zero-order valence-corrected chi connectivity index (χ0v) is 12.8. The third-order valence-corrected chi connectivity index (χ3v) is 3.99. The van der Waals surface area contributed by atoms with E-state index in [4.69, 9.17) is 18.0 Å². The van der Waals surface area contributed by atoms with E-state index < -0.39 is 11.9 Å². The zero-order valence-electron chi connectivity index (χ0n) is 11.9. The highest BCUT2D eigenvalue weighted by Gasteiger charge is 2.36. The number of aromatic nitrogens is 1. The molecular formula is C14H18F3N3S. The molecule has 1 aliphatic heterocycles. The van der Waals surface area contributed by atoms with Crippen molar-refractivity contribution in [1.82, 2.24) is 4.98 Å². The van der Waals surface area contributed by atoms with Crippen molar-refractivity contribution >= 4 is 23.0 Å². The molecule has 1 unspecified atom stereocenters. The van der Waals surface area contributed by atoms with Gasteiger partial charge in [0.1, 0.15) is 16.5 Å². The van der Waals surface area contributed by atoms with Crippen LogP contribution in [-0.2, 0) is 6.18 Å². The van der Waals surface area contributed by atoms with Gasteiger partial charge >= 0.3 is 6.18 Å². The summed E-state index contributed by atoms with van der Waals surface area (Å²) < 4.78 is 38.7. The molecule has 1 atom stereocenters. The average Bonchev–Trinajstić information content (AvgIpc) is 2.85. The Hall–Kier alpha value is -1.37. The van der Waals surface area contributed by atoms with Gasteiger partial charge in [0.25, 0.3) is 0 Å². The predicted molar refractivity (Wildman–Crippen MR) is 80.3 cm³/mol. The highest BCUT2D eigenvalue weighted by atomic mass is 32.1. The van der Waals surface area contributed by atoms with Crippen LogP contribution in [0.5, 0.6) is 0 Å². The molecule has 0 spiro atoms. The second-order valence-corrected chi connectivity index (χ2v) is 6.02. The number of alkyl halides is 3. The molecule has 7 heteroatoms. The fourth-order valence-electron chi connectivity index (χ4n) is 2.77. The summed E-state index contributed by atoms with van der Waals surface area (Å²) in [5.41, 5.74) is 5.14. The minimum absolute atomic E-state index is 0.0700. The molecule has 1 aromatic rings. The minimum atomic E-state index is -4.48. The van der Waals surface area contributed by atoms with Crippen LogP contribution in [-0.4, -0.2) is 22.6 Å². The Morgan fingerprint density at radius 3 is 2.62 bits per heavy atom. The van der Waals surface area contributed by atoms with Gasteiger partial charge in [-0.05, 0) is 30.9 Å². The number of pyridine rings is 1. The Kier molecular flexibility index (Phi) is 4.41. The first-order chi connectivity index (χ1) is 9.71. The summed E-state index contributed by atoms with van der Waals surface area (Å²) in [6.07, 6.45) is -2.61. The molecule has 0 amide bonds. The molecule has 0 saturated carbocycles. The summed E-state index contributed by atoms with van der Waals surface area (Å²) in [6.45, 7) is 4.78. The molecule has 1 aromatic heterocycles. The van der Waals surface area contributed by atoms with Crippen LogP contribution >= 0.6 is 12.2 Å². The van der Waals surface area contributed by atoms with Crippen molar-refractivity contribution in [2.45, 2.75) is 38.9 Å². The van der Waals surface area contributed by atoms with Crippen LogP contribution in [0.15, 0.2) is 12.1 Å². The van der Waals surface area contributed by atoms with E-state index in [0.717, 1.165) is 18.9 Å². The Morgan fingerprint density at radius 1 is 1.43 bits per heavy atom. The summed E-state index contributed by atoms with van der Waals surface area (Å²) in [5.74, 6) is 0.580. The first-order valence-corrected chi connectivity index (χ1v) is 7.27. The maximum absolute atomic E-state index is 12.9. The molecule has 21 heavy (non-hydrogen) atoms. The lowest BCUT2D eigenvalue weighted by molar-refractivity contribution is -0.141. The van der Waals surface area contributed by atoms with Crippen molar-refractivity contribution in [2.24, 2.45) is 11.7 Å². The van der Waals surface area contributed by atoms with Gasteiger partial charge in [-0.1, -0.05) is 26.1 Å². The van der Waals surface area contributed by atoms with E-state index >= 15 is 0 Å². The van der Waals surface area contributed by atoms with Gasteiger partial charge in [0, 0.05) is 12.6 Å². The summed E-state index contributed by atoms with van der Waals surface area (Å²) in [7, 11) is 0. The number of hydrogen-bond acceptors (Lipinski definition) is 3. The third kappa shape index (κ3) is 3.28. The van der Waals surface area contributed by atoms with E-state index in [1.807, 2.05) is 4.90 Å². The first kappa shape index (κ1) is 16.0. The van der Waals surface area contributed by atoms with Crippen molar-refractivity contribution in [3.8, 4) is 0 Å². The SMILES string of the molecule is CC(C)C1CCCN1c1nc(C(F)(F)F)ccc1C(N)=S. The molecule has 2 rings (SSSR count). The van der Waals surface area contributed by atoms with Crippen LogP contribution in [0.4, 0.5) is 19.0 Å². The fraction of sp³-hybridized carbons (Fsp3) is 0.571. The molecule has 1 aliphatic rings. The molecular weight excluding hydrogens is 299 g/mol. The Morgan fingerprint density at radius 2 is 2.10 bits per heavy atom. The highest BCUT2D eigenvalue weighted by molar-refractivity contribution is 7.80. The maximum Gasteiger partial charge on any atom is 0.433 e. The number of anilines is 1. The summed E-state index contributed by atoms with van der Waals surface area (Å²) in [6, 6.07) is 2.41. The number of nitrogens with zero attached hydrogens (tertiary/aromatic N) is 2. The zero-order chi connectivity index (χ0) is 15.8. The molecule has 3 nitrogen and oxygen atoms in total. The molecule has 0 radical (unpaired) electrons. The molecule has 0 aliphatic carbocycles. The first-order valence-electron chi connectivity index (χ1n) is 6.86. The normalized spacial score (nSPS) is 19.3. The summed E-state index contributed by atoms with van der Waals surface area (Å²) in [4.78, 5) is 5.79. The quantitative estimate of drug-likeness (QED) is 0.868. The lowest BCUT2D eigenvalue weighted by Crippen LogP contribution is -2.36. The lowest BCUT2D eigenvalue weighted by Gasteiger charge is -2.30.